The summed E-state index contributed by atoms with van der Waals surface area (Å²) in [5, 5.41) is 3.96. The zero-order chi connectivity index (χ0) is 15.0. The van der Waals surface area contributed by atoms with Crippen LogP contribution in [-0.4, -0.2) is 5.16 Å². The van der Waals surface area contributed by atoms with Crippen molar-refractivity contribution >= 4 is 21.7 Å². The van der Waals surface area contributed by atoms with Crippen molar-refractivity contribution < 1.29 is 4.52 Å². The lowest BCUT2D eigenvalue weighted by molar-refractivity contribution is 0.436. The third kappa shape index (κ3) is 2.47. The lowest BCUT2D eigenvalue weighted by atomic mass is 9.97. The van der Waals surface area contributed by atoms with Crippen LogP contribution in [0.25, 0.3) is 22.5 Å². The first kappa shape index (κ1) is 13.9. The van der Waals surface area contributed by atoms with Crippen molar-refractivity contribution in [1.82, 2.24) is 5.16 Å². The Kier molecular flexibility index (Phi) is 3.55. The van der Waals surface area contributed by atoms with Crippen LogP contribution in [-0.2, 0) is 0 Å². The number of benzene rings is 2. The van der Waals surface area contributed by atoms with Gasteiger partial charge in [0.25, 0.3) is 0 Å². The first-order valence-electron chi connectivity index (χ1n) is 6.65. The number of aryl methyl sites for hydroxylation is 2. The molecule has 0 radical (unpaired) electrons. The monoisotopic (exact) mass is 342 g/mol. The molecule has 3 aromatic rings. The number of nitrogen functional groups attached to an aromatic ring is 1. The van der Waals surface area contributed by atoms with Crippen LogP contribution in [0.5, 0.6) is 0 Å². The Morgan fingerprint density at radius 3 is 2.57 bits per heavy atom. The molecule has 2 aromatic carbocycles. The third-order valence-corrected chi connectivity index (χ3v) is 4.19. The van der Waals surface area contributed by atoms with E-state index in [0.29, 0.717) is 11.6 Å². The second kappa shape index (κ2) is 5.37. The molecule has 0 aliphatic carbocycles. The van der Waals surface area contributed by atoms with E-state index in [-0.39, 0.29) is 0 Å². The molecule has 106 valence electrons. The summed E-state index contributed by atoms with van der Waals surface area (Å²) in [5.41, 5.74) is 11.2. The third-order valence-electron chi connectivity index (χ3n) is 3.50. The van der Waals surface area contributed by atoms with E-state index < -0.39 is 0 Å². The van der Waals surface area contributed by atoms with Crippen molar-refractivity contribution in [3.8, 4) is 22.5 Å². The largest absolute Gasteiger partial charge is 0.380 e. The van der Waals surface area contributed by atoms with Gasteiger partial charge in [0.2, 0.25) is 0 Å². The predicted molar refractivity (Wildman–Crippen MR) is 89.0 cm³/mol. The minimum absolute atomic E-state index is 0.410. The van der Waals surface area contributed by atoms with Crippen LogP contribution in [0.2, 0.25) is 0 Å². The minimum atomic E-state index is 0.410. The first-order chi connectivity index (χ1) is 10.1. The van der Waals surface area contributed by atoms with Crippen molar-refractivity contribution in [2.75, 3.05) is 5.73 Å². The number of nitrogens with two attached hydrogens (primary N) is 1. The maximum absolute atomic E-state index is 6.05. The summed E-state index contributed by atoms with van der Waals surface area (Å²) in [7, 11) is 0. The molecule has 0 saturated carbocycles. The van der Waals surface area contributed by atoms with Crippen molar-refractivity contribution in [3.05, 3.63) is 58.1 Å². The van der Waals surface area contributed by atoms with Gasteiger partial charge in [0, 0.05) is 10.0 Å². The van der Waals surface area contributed by atoms with Crippen LogP contribution in [0.1, 0.15) is 11.1 Å². The number of hydrogen-bond donors (Lipinski definition) is 1. The molecule has 0 unspecified atom stereocenters. The number of halogens is 1. The molecule has 2 N–H and O–H groups in total. The molecular weight excluding hydrogens is 328 g/mol. The molecule has 3 nitrogen and oxygen atoms in total. The standard InChI is InChI=1S/C17H15BrN2O/c1-10-7-8-14(18)13(9-10)16-15(17(19)20-21-16)12-6-4-3-5-11(12)2/h3-9H,1-2H3,(H2,19,20). The van der Waals surface area contributed by atoms with E-state index in [4.69, 9.17) is 10.3 Å². The van der Waals surface area contributed by atoms with Crippen molar-refractivity contribution in [1.29, 1.82) is 0 Å². The fourth-order valence-corrected chi connectivity index (χ4v) is 2.84. The first-order valence-corrected chi connectivity index (χ1v) is 7.45. The number of hydrogen-bond acceptors (Lipinski definition) is 3. The molecule has 0 spiro atoms. The van der Waals surface area contributed by atoms with Crippen LogP contribution >= 0.6 is 15.9 Å². The molecule has 21 heavy (non-hydrogen) atoms. The number of rotatable bonds is 2. The quantitative estimate of drug-likeness (QED) is 0.715. The van der Waals surface area contributed by atoms with Gasteiger partial charge >= 0.3 is 0 Å². The van der Waals surface area contributed by atoms with Crippen molar-refractivity contribution in [2.24, 2.45) is 0 Å². The molecule has 0 bridgehead atoms. The average molecular weight is 343 g/mol. The summed E-state index contributed by atoms with van der Waals surface area (Å²) in [6.07, 6.45) is 0. The maximum Gasteiger partial charge on any atom is 0.178 e. The van der Waals surface area contributed by atoms with E-state index in [1.807, 2.05) is 37.3 Å². The van der Waals surface area contributed by atoms with E-state index in [0.717, 1.165) is 32.3 Å². The zero-order valence-electron chi connectivity index (χ0n) is 11.9. The summed E-state index contributed by atoms with van der Waals surface area (Å²) in [5.74, 6) is 1.10. The number of nitrogens with zero attached hydrogens (tertiary/aromatic N) is 1. The van der Waals surface area contributed by atoms with Crippen molar-refractivity contribution in [3.63, 3.8) is 0 Å². The fourth-order valence-electron chi connectivity index (χ4n) is 2.41. The molecule has 0 atom stereocenters. The van der Waals surface area contributed by atoms with Gasteiger partial charge in [-0.05, 0) is 37.1 Å². The summed E-state index contributed by atoms with van der Waals surface area (Å²) < 4.78 is 6.48. The van der Waals surface area contributed by atoms with Gasteiger partial charge in [-0.2, -0.15) is 0 Å². The van der Waals surface area contributed by atoms with Gasteiger partial charge in [-0.3, -0.25) is 0 Å². The lowest BCUT2D eigenvalue weighted by Gasteiger charge is -2.08. The predicted octanol–water partition coefficient (Wildman–Crippen LogP) is 4.97. The van der Waals surface area contributed by atoms with Crippen LogP contribution in [0.4, 0.5) is 5.82 Å². The van der Waals surface area contributed by atoms with E-state index in [1.165, 1.54) is 0 Å². The van der Waals surface area contributed by atoms with Crippen LogP contribution in [0, 0.1) is 13.8 Å². The van der Waals surface area contributed by atoms with E-state index in [2.05, 4.69) is 40.1 Å². The Morgan fingerprint density at radius 1 is 1.05 bits per heavy atom. The summed E-state index contributed by atoms with van der Waals surface area (Å²) in [4.78, 5) is 0. The Balaban J connectivity index is 2.27. The topological polar surface area (TPSA) is 52.0 Å². The van der Waals surface area contributed by atoms with E-state index in [9.17, 15) is 0 Å². The highest BCUT2D eigenvalue weighted by Crippen LogP contribution is 2.40. The molecule has 0 fully saturated rings. The molecule has 1 heterocycles. The Labute approximate surface area is 131 Å². The second-order valence-corrected chi connectivity index (χ2v) is 5.92. The molecule has 0 amide bonds. The molecule has 4 heteroatoms. The Morgan fingerprint density at radius 2 is 1.81 bits per heavy atom. The van der Waals surface area contributed by atoms with Gasteiger partial charge in [0.05, 0.1) is 5.56 Å². The lowest BCUT2D eigenvalue weighted by Crippen LogP contribution is -1.91. The molecule has 0 aliphatic rings. The van der Waals surface area contributed by atoms with Gasteiger partial charge in [0.1, 0.15) is 0 Å². The van der Waals surface area contributed by atoms with E-state index >= 15 is 0 Å². The van der Waals surface area contributed by atoms with Crippen LogP contribution in [0.15, 0.2) is 51.5 Å². The zero-order valence-corrected chi connectivity index (χ0v) is 13.4. The van der Waals surface area contributed by atoms with Gasteiger partial charge in [-0.1, -0.05) is 57.0 Å². The Hall–Kier alpha value is -2.07. The smallest absolute Gasteiger partial charge is 0.178 e. The summed E-state index contributed by atoms with van der Waals surface area (Å²) in [6.45, 7) is 4.10. The summed E-state index contributed by atoms with van der Waals surface area (Å²) >= 11 is 3.57. The fraction of sp³-hybridized carbons (Fsp3) is 0.118. The van der Waals surface area contributed by atoms with Gasteiger partial charge in [-0.25, -0.2) is 0 Å². The SMILES string of the molecule is Cc1ccc(Br)c(-c2onc(N)c2-c2ccccc2C)c1. The highest BCUT2D eigenvalue weighted by Gasteiger charge is 2.20. The van der Waals surface area contributed by atoms with E-state index in [1.54, 1.807) is 0 Å². The van der Waals surface area contributed by atoms with Gasteiger partial charge in [0.15, 0.2) is 11.6 Å². The molecule has 3 rings (SSSR count). The minimum Gasteiger partial charge on any atom is -0.380 e. The number of anilines is 1. The van der Waals surface area contributed by atoms with Crippen LogP contribution < -0.4 is 5.73 Å². The summed E-state index contributed by atoms with van der Waals surface area (Å²) in [6, 6.07) is 14.2. The Bertz CT molecular complexity index is 808. The maximum atomic E-state index is 6.05. The molecule has 0 aliphatic heterocycles. The van der Waals surface area contributed by atoms with Gasteiger partial charge < -0.3 is 10.3 Å². The number of aromatic nitrogens is 1. The highest BCUT2D eigenvalue weighted by molar-refractivity contribution is 9.10. The normalized spacial score (nSPS) is 10.8. The van der Waals surface area contributed by atoms with Crippen molar-refractivity contribution in [2.45, 2.75) is 13.8 Å². The molecule has 0 saturated heterocycles. The van der Waals surface area contributed by atoms with Crippen LogP contribution in [0.3, 0.4) is 0 Å². The molecule has 1 aromatic heterocycles. The second-order valence-electron chi connectivity index (χ2n) is 5.07. The van der Waals surface area contributed by atoms with Gasteiger partial charge in [-0.15, -0.1) is 0 Å². The average Bonchev–Trinajstić information content (AvgIpc) is 2.84. The molecular formula is C17H15BrN2O. The highest BCUT2D eigenvalue weighted by atomic mass is 79.9.